The minimum Gasteiger partial charge on any atom is -0.497 e. The lowest BCUT2D eigenvalue weighted by atomic mass is 10.0. The molecule has 34 heavy (non-hydrogen) atoms. The zero-order chi connectivity index (χ0) is 24.8. The highest BCUT2D eigenvalue weighted by molar-refractivity contribution is 5.92. The molecule has 0 aliphatic heterocycles. The smallest absolute Gasteiger partial charge is 0.336 e. The van der Waals surface area contributed by atoms with Gasteiger partial charge in [-0.3, -0.25) is 14.4 Å². The number of hydrogen-bond donors (Lipinski definition) is 3. The maximum Gasteiger partial charge on any atom is 0.336 e. The second-order valence-corrected chi connectivity index (χ2v) is 7.70. The molecule has 4 N–H and O–H groups in total. The molecule has 3 rings (SSSR count). The van der Waals surface area contributed by atoms with E-state index in [1.165, 1.54) is 50.4 Å². The third-order valence-corrected chi connectivity index (χ3v) is 5.17. The molecule has 1 heterocycles. The Morgan fingerprint density at radius 3 is 2.35 bits per heavy atom. The number of rotatable bonds is 9. The Labute approximate surface area is 194 Å². The maximum absolute atomic E-state index is 13.2. The van der Waals surface area contributed by atoms with Crippen LogP contribution in [0, 0.1) is 5.82 Å². The van der Waals surface area contributed by atoms with E-state index in [1.54, 1.807) is 12.1 Å². The molecule has 178 valence electrons. The van der Waals surface area contributed by atoms with Crippen molar-refractivity contribution in [1.29, 1.82) is 0 Å². The monoisotopic (exact) mass is 469 g/mol. The zero-order valence-corrected chi connectivity index (χ0v) is 18.6. The van der Waals surface area contributed by atoms with E-state index in [1.807, 2.05) is 0 Å². The fourth-order valence-electron chi connectivity index (χ4n) is 3.53. The number of amides is 3. The Hall–Kier alpha value is -4.21. The maximum atomic E-state index is 13.2. The first kappa shape index (κ1) is 24.4. The average Bonchev–Trinajstić information content (AvgIpc) is 2.78. The fourth-order valence-corrected chi connectivity index (χ4v) is 3.53. The molecular weight excluding hydrogens is 445 g/mol. The van der Waals surface area contributed by atoms with Crippen molar-refractivity contribution in [2.45, 2.75) is 31.8 Å². The fraction of sp³-hybridized carbons (Fsp3) is 0.250. The van der Waals surface area contributed by atoms with Crippen LogP contribution in [-0.2, 0) is 27.2 Å². The second-order valence-electron chi connectivity index (χ2n) is 7.70. The van der Waals surface area contributed by atoms with Gasteiger partial charge in [-0.15, -0.1) is 0 Å². The molecule has 0 spiro atoms. The van der Waals surface area contributed by atoms with Crippen molar-refractivity contribution < 1.29 is 27.9 Å². The van der Waals surface area contributed by atoms with E-state index in [0.717, 1.165) is 0 Å². The molecule has 0 fully saturated rings. The Balaban J connectivity index is 1.85. The standard InChI is InChI=1S/C24H24FN3O6/c1-13(29)27-20(9-14-3-5-16(25)6-4-14)24(32)28-19(23(26)31)10-15-11-22(30)34-21-12-17(33-2)7-8-18(15)21/h3-8,11-12,19-20H,9-10H2,1-2H3,(H2,26,31)(H,27,29)(H,28,32)/t19-,20-/m0/s1. The molecule has 2 aromatic carbocycles. The third-order valence-electron chi connectivity index (χ3n) is 5.17. The van der Waals surface area contributed by atoms with Crippen LogP contribution in [0.15, 0.2) is 57.7 Å². The highest BCUT2D eigenvalue weighted by atomic mass is 19.1. The van der Waals surface area contributed by atoms with E-state index < -0.39 is 41.2 Å². The number of carbonyl (C=O) groups excluding carboxylic acids is 3. The van der Waals surface area contributed by atoms with Crippen LogP contribution in [0.25, 0.3) is 11.0 Å². The topological polar surface area (TPSA) is 141 Å². The summed E-state index contributed by atoms with van der Waals surface area (Å²) >= 11 is 0. The summed E-state index contributed by atoms with van der Waals surface area (Å²) in [7, 11) is 1.47. The minimum atomic E-state index is -1.18. The summed E-state index contributed by atoms with van der Waals surface area (Å²) in [5.74, 6) is -1.90. The highest BCUT2D eigenvalue weighted by Gasteiger charge is 2.26. The molecule has 0 saturated carbocycles. The number of primary amides is 1. The number of benzene rings is 2. The van der Waals surface area contributed by atoms with E-state index in [9.17, 15) is 23.6 Å². The van der Waals surface area contributed by atoms with Gasteiger partial charge in [-0.05, 0) is 35.4 Å². The SMILES string of the molecule is COc1ccc2c(C[C@H](NC(=O)[C@H](Cc3ccc(F)cc3)NC(C)=O)C(N)=O)cc(=O)oc2c1. The van der Waals surface area contributed by atoms with Crippen molar-refractivity contribution in [3.63, 3.8) is 0 Å². The normalized spacial score (nSPS) is 12.6. The Morgan fingerprint density at radius 2 is 1.74 bits per heavy atom. The predicted octanol–water partition coefficient (Wildman–Crippen LogP) is 1.20. The number of ether oxygens (including phenoxy) is 1. The van der Waals surface area contributed by atoms with Gasteiger partial charge in [-0.2, -0.15) is 0 Å². The zero-order valence-electron chi connectivity index (χ0n) is 18.6. The first-order valence-electron chi connectivity index (χ1n) is 10.4. The lowest BCUT2D eigenvalue weighted by Gasteiger charge is -2.22. The number of nitrogens with two attached hydrogens (primary N) is 1. The molecular formula is C24H24FN3O6. The summed E-state index contributed by atoms with van der Waals surface area (Å²) in [6.07, 6.45) is -0.0202. The molecule has 0 unspecified atom stereocenters. The van der Waals surface area contributed by atoms with E-state index >= 15 is 0 Å². The number of nitrogens with one attached hydrogen (secondary N) is 2. The van der Waals surface area contributed by atoms with E-state index in [-0.39, 0.29) is 18.4 Å². The number of methoxy groups -OCH3 is 1. The summed E-state index contributed by atoms with van der Waals surface area (Å²) in [5.41, 5.74) is 6.18. The molecule has 2 atom stereocenters. The number of hydrogen-bond acceptors (Lipinski definition) is 6. The number of fused-ring (bicyclic) bond motifs is 1. The predicted molar refractivity (Wildman–Crippen MR) is 122 cm³/mol. The summed E-state index contributed by atoms with van der Waals surface area (Å²) in [5, 5.41) is 5.62. The van der Waals surface area contributed by atoms with Crippen molar-refractivity contribution in [2.24, 2.45) is 5.73 Å². The molecule has 1 aromatic heterocycles. The molecule has 10 heteroatoms. The molecule has 0 bridgehead atoms. The first-order chi connectivity index (χ1) is 16.2. The van der Waals surface area contributed by atoms with E-state index in [2.05, 4.69) is 10.6 Å². The van der Waals surface area contributed by atoms with Crippen LogP contribution in [0.4, 0.5) is 4.39 Å². The van der Waals surface area contributed by atoms with E-state index in [0.29, 0.717) is 22.3 Å². The largest absolute Gasteiger partial charge is 0.497 e. The molecule has 0 aliphatic rings. The van der Waals surface area contributed by atoms with Gasteiger partial charge in [0.2, 0.25) is 17.7 Å². The summed E-state index contributed by atoms with van der Waals surface area (Å²) < 4.78 is 23.6. The van der Waals surface area contributed by atoms with Crippen LogP contribution in [0.1, 0.15) is 18.1 Å². The van der Waals surface area contributed by atoms with Crippen molar-refractivity contribution in [3.8, 4) is 5.75 Å². The lowest BCUT2D eigenvalue weighted by Crippen LogP contribution is -2.54. The molecule has 3 amide bonds. The van der Waals surface area contributed by atoms with Crippen molar-refractivity contribution in [3.05, 3.63) is 75.9 Å². The molecule has 0 saturated heterocycles. The van der Waals surface area contributed by atoms with Gasteiger partial charge < -0.3 is 25.5 Å². The quantitative estimate of drug-likeness (QED) is 0.402. The Bertz CT molecular complexity index is 1270. The van der Waals surface area contributed by atoms with Gasteiger partial charge >= 0.3 is 5.63 Å². The highest BCUT2D eigenvalue weighted by Crippen LogP contribution is 2.23. The van der Waals surface area contributed by atoms with Gasteiger partial charge in [0, 0.05) is 37.3 Å². The van der Waals surface area contributed by atoms with Crippen LogP contribution >= 0.6 is 0 Å². The van der Waals surface area contributed by atoms with Crippen LogP contribution in [-0.4, -0.2) is 36.9 Å². The van der Waals surface area contributed by atoms with Gasteiger partial charge in [0.25, 0.3) is 0 Å². The summed E-state index contributed by atoms with van der Waals surface area (Å²) in [4.78, 5) is 48.8. The molecule has 9 nitrogen and oxygen atoms in total. The minimum absolute atomic E-state index is 0.0643. The van der Waals surface area contributed by atoms with Crippen LogP contribution in [0.5, 0.6) is 5.75 Å². The second kappa shape index (κ2) is 10.6. The lowest BCUT2D eigenvalue weighted by molar-refractivity contribution is -0.130. The van der Waals surface area contributed by atoms with Crippen LogP contribution in [0.2, 0.25) is 0 Å². The van der Waals surface area contributed by atoms with Crippen LogP contribution < -0.4 is 26.7 Å². The van der Waals surface area contributed by atoms with Gasteiger partial charge in [0.1, 0.15) is 29.2 Å². The molecule has 3 aromatic rings. The number of carbonyl (C=O) groups is 3. The van der Waals surface area contributed by atoms with Gasteiger partial charge in [-0.1, -0.05) is 12.1 Å². The first-order valence-corrected chi connectivity index (χ1v) is 10.4. The van der Waals surface area contributed by atoms with Gasteiger partial charge in [-0.25, -0.2) is 9.18 Å². The van der Waals surface area contributed by atoms with Crippen LogP contribution in [0.3, 0.4) is 0 Å². The van der Waals surface area contributed by atoms with Crippen molar-refractivity contribution >= 4 is 28.7 Å². The van der Waals surface area contributed by atoms with Gasteiger partial charge in [0.05, 0.1) is 7.11 Å². The molecule has 0 aliphatic carbocycles. The van der Waals surface area contributed by atoms with Crippen molar-refractivity contribution in [2.75, 3.05) is 7.11 Å². The van der Waals surface area contributed by atoms with E-state index in [4.69, 9.17) is 14.9 Å². The van der Waals surface area contributed by atoms with Crippen molar-refractivity contribution in [1.82, 2.24) is 10.6 Å². The van der Waals surface area contributed by atoms with Gasteiger partial charge in [0.15, 0.2) is 0 Å². The summed E-state index contributed by atoms with van der Waals surface area (Å²) in [6, 6.07) is 9.35. The summed E-state index contributed by atoms with van der Waals surface area (Å²) in [6.45, 7) is 1.25. The Morgan fingerprint density at radius 1 is 1.03 bits per heavy atom. The number of halogens is 1. The Kier molecular flexibility index (Phi) is 7.62. The average molecular weight is 469 g/mol. The molecule has 0 radical (unpaired) electrons. The third kappa shape index (κ3) is 6.18.